The summed E-state index contributed by atoms with van der Waals surface area (Å²) in [6, 6.07) is 9.01. The highest BCUT2D eigenvalue weighted by molar-refractivity contribution is 7.11. The molecule has 0 aromatic carbocycles. The minimum Gasteiger partial charge on any atom is -0.478 e. The monoisotopic (exact) mass is 231 g/mol. The molecule has 3 nitrogen and oxygen atoms in total. The van der Waals surface area contributed by atoms with E-state index in [0.29, 0.717) is 5.69 Å². The summed E-state index contributed by atoms with van der Waals surface area (Å²) in [5.41, 5.74) is 0.919. The molecule has 0 saturated carbocycles. The molecule has 0 amide bonds. The summed E-state index contributed by atoms with van der Waals surface area (Å²) in [5.74, 6) is -0.937. The van der Waals surface area contributed by atoms with Gasteiger partial charge < -0.3 is 5.11 Å². The van der Waals surface area contributed by atoms with Crippen LogP contribution in [0.1, 0.15) is 10.6 Å². The number of aliphatic carboxylic acids is 1. The molecule has 4 heteroatoms. The van der Waals surface area contributed by atoms with Crippen LogP contribution in [0.25, 0.3) is 11.6 Å². The lowest BCUT2D eigenvalue weighted by Gasteiger charge is -1.98. The molecule has 0 unspecified atom stereocenters. The van der Waals surface area contributed by atoms with Gasteiger partial charge in [-0.1, -0.05) is 12.1 Å². The molecule has 0 atom stereocenters. The fourth-order valence-corrected chi connectivity index (χ4v) is 2.01. The summed E-state index contributed by atoms with van der Waals surface area (Å²) < 4.78 is 0. The van der Waals surface area contributed by atoms with Crippen molar-refractivity contribution in [3.05, 3.63) is 52.5 Å². The first-order chi connectivity index (χ1) is 7.77. The second-order valence-electron chi connectivity index (χ2n) is 3.10. The number of carboxylic acids is 1. The van der Waals surface area contributed by atoms with E-state index in [4.69, 9.17) is 5.11 Å². The summed E-state index contributed by atoms with van der Waals surface area (Å²) in [6.07, 6.45) is 3.22. The summed E-state index contributed by atoms with van der Waals surface area (Å²) in [5, 5.41) is 11.0. The molecule has 16 heavy (non-hydrogen) atoms. The highest BCUT2D eigenvalue weighted by atomic mass is 32.1. The average molecular weight is 231 g/mol. The molecule has 2 aromatic heterocycles. The number of pyridine rings is 1. The number of hydrogen-bond acceptors (Lipinski definition) is 3. The number of hydrogen-bond donors (Lipinski definition) is 1. The minimum atomic E-state index is -0.937. The van der Waals surface area contributed by atoms with Gasteiger partial charge in [0.2, 0.25) is 0 Å². The van der Waals surface area contributed by atoms with E-state index in [-0.39, 0.29) is 5.57 Å². The molecule has 0 spiro atoms. The van der Waals surface area contributed by atoms with Gasteiger partial charge in [-0.3, -0.25) is 4.98 Å². The quantitative estimate of drug-likeness (QED) is 0.826. The van der Waals surface area contributed by atoms with Crippen molar-refractivity contribution in [2.24, 2.45) is 0 Å². The van der Waals surface area contributed by atoms with Gasteiger partial charge in [0.25, 0.3) is 0 Å². The molecule has 2 rings (SSSR count). The number of carboxylic acid groups (broad SMARTS) is 1. The third kappa shape index (κ3) is 2.35. The fraction of sp³-hybridized carbons (Fsp3) is 0. The lowest BCUT2D eigenvalue weighted by Crippen LogP contribution is -1.97. The Morgan fingerprint density at radius 3 is 2.75 bits per heavy atom. The lowest BCUT2D eigenvalue weighted by molar-refractivity contribution is -0.130. The molecular weight excluding hydrogens is 222 g/mol. The van der Waals surface area contributed by atoms with Crippen LogP contribution in [0.3, 0.4) is 0 Å². The van der Waals surface area contributed by atoms with Crippen LogP contribution in [0.2, 0.25) is 0 Å². The maximum atomic E-state index is 11.1. The molecule has 0 saturated heterocycles. The van der Waals surface area contributed by atoms with Crippen LogP contribution >= 0.6 is 11.3 Å². The van der Waals surface area contributed by atoms with Crippen molar-refractivity contribution in [1.82, 2.24) is 4.98 Å². The van der Waals surface area contributed by atoms with Crippen LogP contribution in [0.15, 0.2) is 41.9 Å². The molecule has 0 aliphatic heterocycles. The Kier molecular flexibility index (Phi) is 3.12. The number of thiophene rings is 1. The van der Waals surface area contributed by atoms with Crippen LogP contribution in [0, 0.1) is 0 Å². The van der Waals surface area contributed by atoms with Crippen molar-refractivity contribution < 1.29 is 9.90 Å². The molecule has 0 bridgehead atoms. The first-order valence-electron chi connectivity index (χ1n) is 4.67. The zero-order valence-corrected chi connectivity index (χ0v) is 9.15. The first-order valence-corrected chi connectivity index (χ1v) is 5.55. The molecule has 0 fully saturated rings. The molecule has 0 aliphatic carbocycles. The van der Waals surface area contributed by atoms with E-state index in [0.717, 1.165) is 4.88 Å². The van der Waals surface area contributed by atoms with Crippen LogP contribution in [-0.4, -0.2) is 16.1 Å². The van der Waals surface area contributed by atoms with E-state index in [1.54, 1.807) is 30.5 Å². The summed E-state index contributed by atoms with van der Waals surface area (Å²) in [7, 11) is 0. The van der Waals surface area contributed by atoms with Crippen LogP contribution in [0.4, 0.5) is 0 Å². The van der Waals surface area contributed by atoms with Crippen molar-refractivity contribution >= 4 is 29.0 Å². The molecule has 0 radical (unpaired) electrons. The second kappa shape index (κ2) is 4.72. The van der Waals surface area contributed by atoms with Crippen LogP contribution < -0.4 is 0 Å². The number of rotatable bonds is 3. The summed E-state index contributed by atoms with van der Waals surface area (Å²) in [4.78, 5) is 15.9. The zero-order chi connectivity index (χ0) is 11.4. The van der Waals surface area contributed by atoms with Crippen molar-refractivity contribution in [2.75, 3.05) is 0 Å². The van der Waals surface area contributed by atoms with Gasteiger partial charge in [-0.05, 0) is 29.7 Å². The van der Waals surface area contributed by atoms with E-state index in [1.807, 2.05) is 17.5 Å². The van der Waals surface area contributed by atoms with Gasteiger partial charge in [0.15, 0.2) is 0 Å². The Morgan fingerprint density at radius 1 is 1.31 bits per heavy atom. The first kappa shape index (κ1) is 10.6. The predicted octanol–water partition coefficient (Wildman–Crippen LogP) is 2.77. The van der Waals surface area contributed by atoms with E-state index in [1.165, 1.54) is 11.3 Å². The van der Waals surface area contributed by atoms with Crippen molar-refractivity contribution in [3.8, 4) is 0 Å². The number of carbonyl (C=O) groups is 1. The molecule has 1 N–H and O–H groups in total. The van der Waals surface area contributed by atoms with Gasteiger partial charge in [-0.25, -0.2) is 4.79 Å². The van der Waals surface area contributed by atoms with Crippen LogP contribution in [0.5, 0.6) is 0 Å². The van der Waals surface area contributed by atoms with Crippen molar-refractivity contribution in [2.45, 2.75) is 0 Å². The lowest BCUT2D eigenvalue weighted by atomic mass is 10.2. The Labute approximate surface area is 96.7 Å². The van der Waals surface area contributed by atoms with E-state index in [9.17, 15) is 4.79 Å². The Morgan fingerprint density at radius 2 is 2.19 bits per heavy atom. The van der Waals surface area contributed by atoms with Gasteiger partial charge in [0.1, 0.15) is 0 Å². The average Bonchev–Trinajstić information content (AvgIpc) is 2.80. The Hall–Kier alpha value is -1.94. The van der Waals surface area contributed by atoms with E-state index >= 15 is 0 Å². The maximum Gasteiger partial charge on any atom is 0.337 e. The van der Waals surface area contributed by atoms with Gasteiger partial charge >= 0.3 is 5.97 Å². The van der Waals surface area contributed by atoms with Crippen LogP contribution in [-0.2, 0) is 4.79 Å². The second-order valence-corrected chi connectivity index (χ2v) is 4.04. The molecule has 0 aliphatic rings. The zero-order valence-electron chi connectivity index (χ0n) is 8.33. The third-order valence-electron chi connectivity index (χ3n) is 2.00. The topological polar surface area (TPSA) is 50.2 Å². The normalized spacial score (nSPS) is 11.4. The minimum absolute atomic E-state index is 0.272. The summed E-state index contributed by atoms with van der Waals surface area (Å²) in [6.45, 7) is 0. The van der Waals surface area contributed by atoms with E-state index in [2.05, 4.69) is 4.98 Å². The maximum absolute atomic E-state index is 11.1. The predicted molar refractivity (Wildman–Crippen MR) is 64.1 cm³/mol. The highest BCUT2D eigenvalue weighted by Gasteiger charge is 2.11. The molecule has 2 aromatic rings. The largest absolute Gasteiger partial charge is 0.478 e. The third-order valence-corrected chi connectivity index (χ3v) is 2.90. The molecular formula is C12H9NO2S. The smallest absolute Gasteiger partial charge is 0.337 e. The van der Waals surface area contributed by atoms with Gasteiger partial charge in [-0.2, -0.15) is 0 Å². The van der Waals surface area contributed by atoms with E-state index < -0.39 is 5.97 Å². The summed E-state index contributed by atoms with van der Waals surface area (Å²) >= 11 is 1.40. The Bertz CT molecular complexity index is 503. The fourth-order valence-electron chi connectivity index (χ4n) is 1.28. The molecule has 80 valence electrons. The highest BCUT2D eigenvalue weighted by Crippen LogP contribution is 2.22. The van der Waals surface area contributed by atoms with Gasteiger partial charge in [0, 0.05) is 11.1 Å². The SMILES string of the molecule is O=C(O)/C(=C/c1ccccn1)c1cccs1. The van der Waals surface area contributed by atoms with Crippen molar-refractivity contribution in [1.29, 1.82) is 0 Å². The van der Waals surface area contributed by atoms with Gasteiger partial charge in [0.05, 0.1) is 11.3 Å². The Balaban J connectivity index is 2.42. The van der Waals surface area contributed by atoms with Crippen molar-refractivity contribution in [3.63, 3.8) is 0 Å². The van der Waals surface area contributed by atoms with Gasteiger partial charge in [-0.15, -0.1) is 11.3 Å². The number of nitrogens with zero attached hydrogens (tertiary/aromatic N) is 1. The molecule has 2 heterocycles. The number of aromatic nitrogens is 1. The standard InChI is InChI=1S/C12H9NO2S/c14-12(15)10(11-5-3-7-16-11)8-9-4-1-2-6-13-9/h1-8H,(H,14,15)/b10-8+.